The predicted octanol–water partition coefficient (Wildman–Crippen LogP) is 3.18. The number of ether oxygens (including phenoxy) is 1. The number of pyridine rings is 1. The molecule has 164 valence electrons. The van der Waals surface area contributed by atoms with Gasteiger partial charge in [0.1, 0.15) is 0 Å². The Balaban J connectivity index is 1.43. The summed E-state index contributed by atoms with van der Waals surface area (Å²) in [7, 11) is 0. The molecule has 3 fully saturated rings. The van der Waals surface area contributed by atoms with Crippen molar-refractivity contribution >= 4 is 11.8 Å². The lowest BCUT2D eigenvalue weighted by molar-refractivity contribution is -0.138. The number of carbonyl (C=O) groups excluding carboxylic acids is 2. The Morgan fingerprint density at radius 3 is 2.83 bits per heavy atom. The van der Waals surface area contributed by atoms with Crippen molar-refractivity contribution in [2.45, 2.75) is 65.5 Å². The highest BCUT2D eigenvalue weighted by Crippen LogP contribution is 2.68. The lowest BCUT2D eigenvalue weighted by atomic mass is 9.59. The van der Waals surface area contributed by atoms with Crippen LogP contribution in [0, 0.1) is 28.6 Å². The first-order valence-corrected chi connectivity index (χ1v) is 11.4. The van der Waals surface area contributed by atoms with E-state index in [2.05, 4.69) is 29.5 Å². The van der Waals surface area contributed by atoms with E-state index in [-0.39, 0.29) is 40.7 Å². The lowest BCUT2D eigenvalue weighted by Crippen LogP contribution is -2.60. The first-order valence-electron chi connectivity index (χ1n) is 11.4. The number of nitrogens with zero attached hydrogens (tertiary/aromatic N) is 1. The van der Waals surface area contributed by atoms with Crippen LogP contribution in [0.15, 0.2) is 24.5 Å². The Hall–Kier alpha value is -1.95. The molecule has 2 aliphatic carbocycles. The van der Waals surface area contributed by atoms with Crippen molar-refractivity contribution in [1.82, 2.24) is 15.6 Å². The summed E-state index contributed by atoms with van der Waals surface area (Å²) in [5, 5.41) is 6.45. The number of carbonyl (C=O) groups is 2. The van der Waals surface area contributed by atoms with E-state index in [0.717, 1.165) is 25.9 Å². The van der Waals surface area contributed by atoms with E-state index in [1.165, 1.54) is 6.42 Å². The number of fused-ring (bicyclic) bond motifs is 1. The SMILES string of the molecule is CC(C)C(=O)N[C@@H]1C(C)(C)[C@@H]2C[C@@H]3[C@@H](CCNC(=O)c4cccnc4)OCC[C@@]31C2. The summed E-state index contributed by atoms with van der Waals surface area (Å²) in [5.74, 6) is 1.10. The van der Waals surface area contributed by atoms with Crippen LogP contribution in [-0.2, 0) is 9.53 Å². The van der Waals surface area contributed by atoms with E-state index < -0.39 is 0 Å². The summed E-state index contributed by atoms with van der Waals surface area (Å²) in [6, 6.07) is 3.74. The summed E-state index contributed by atoms with van der Waals surface area (Å²) in [6.07, 6.45) is 7.53. The lowest BCUT2D eigenvalue weighted by Gasteiger charge is -2.53. The van der Waals surface area contributed by atoms with Crippen LogP contribution in [0.2, 0.25) is 0 Å². The van der Waals surface area contributed by atoms with Crippen molar-refractivity contribution in [3.05, 3.63) is 30.1 Å². The molecule has 2 bridgehead atoms. The average Bonchev–Trinajstić information content (AvgIpc) is 3.21. The third-order valence-corrected chi connectivity index (χ3v) is 8.07. The summed E-state index contributed by atoms with van der Waals surface area (Å²) >= 11 is 0. The monoisotopic (exact) mass is 413 g/mol. The van der Waals surface area contributed by atoms with E-state index in [9.17, 15) is 9.59 Å². The van der Waals surface area contributed by atoms with Crippen molar-refractivity contribution in [3.8, 4) is 0 Å². The molecule has 1 aromatic heterocycles. The minimum absolute atomic E-state index is 0.00639. The fourth-order valence-corrected chi connectivity index (χ4v) is 6.43. The second kappa shape index (κ2) is 7.95. The molecule has 4 rings (SSSR count). The van der Waals surface area contributed by atoms with Gasteiger partial charge in [-0.1, -0.05) is 27.7 Å². The largest absolute Gasteiger partial charge is 0.378 e. The zero-order valence-corrected chi connectivity index (χ0v) is 18.6. The molecule has 1 spiro atoms. The zero-order chi connectivity index (χ0) is 21.5. The van der Waals surface area contributed by atoms with Crippen LogP contribution in [0.25, 0.3) is 0 Å². The molecule has 1 aliphatic heterocycles. The molecule has 0 aromatic carbocycles. The molecule has 3 aliphatic rings. The second-order valence-electron chi connectivity index (χ2n) is 10.3. The fourth-order valence-electron chi connectivity index (χ4n) is 6.43. The first-order chi connectivity index (χ1) is 14.3. The molecule has 2 saturated carbocycles. The van der Waals surface area contributed by atoms with Gasteiger partial charge in [0.15, 0.2) is 0 Å². The number of hydrogen-bond acceptors (Lipinski definition) is 4. The minimum atomic E-state index is -0.0928. The Morgan fingerprint density at radius 1 is 1.33 bits per heavy atom. The highest BCUT2D eigenvalue weighted by atomic mass is 16.5. The minimum Gasteiger partial charge on any atom is -0.378 e. The van der Waals surface area contributed by atoms with Gasteiger partial charge in [0.2, 0.25) is 5.91 Å². The van der Waals surface area contributed by atoms with Crippen LogP contribution in [0.4, 0.5) is 0 Å². The molecule has 0 unspecified atom stereocenters. The van der Waals surface area contributed by atoms with Gasteiger partial charge in [0.05, 0.1) is 11.7 Å². The third-order valence-electron chi connectivity index (χ3n) is 8.07. The first kappa shape index (κ1) is 21.3. The van der Waals surface area contributed by atoms with Gasteiger partial charge in [0, 0.05) is 37.5 Å². The van der Waals surface area contributed by atoms with E-state index in [4.69, 9.17) is 4.74 Å². The maximum absolute atomic E-state index is 12.6. The summed E-state index contributed by atoms with van der Waals surface area (Å²) in [6.45, 7) is 9.89. The number of nitrogens with one attached hydrogen (secondary N) is 2. The van der Waals surface area contributed by atoms with Crippen molar-refractivity contribution in [2.24, 2.45) is 28.6 Å². The van der Waals surface area contributed by atoms with Crippen molar-refractivity contribution < 1.29 is 14.3 Å². The third kappa shape index (κ3) is 3.53. The van der Waals surface area contributed by atoms with E-state index >= 15 is 0 Å². The molecule has 6 heteroatoms. The van der Waals surface area contributed by atoms with Crippen molar-refractivity contribution in [1.29, 1.82) is 0 Å². The van der Waals surface area contributed by atoms with Gasteiger partial charge in [0.25, 0.3) is 5.91 Å². The Kier molecular flexibility index (Phi) is 5.64. The molecule has 2 amide bonds. The van der Waals surface area contributed by atoms with Gasteiger partial charge in [-0.3, -0.25) is 14.6 Å². The maximum Gasteiger partial charge on any atom is 0.252 e. The van der Waals surface area contributed by atoms with Crippen LogP contribution in [0.5, 0.6) is 0 Å². The standard InChI is InChI=1S/C24H35N3O3/c1-15(2)20(28)27-22-23(3,4)17-12-18-19(30-11-8-24(18,22)13-17)7-10-26-21(29)16-6-5-9-25-14-16/h5-6,9,14-15,17-19,22H,7-8,10-13H2,1-4H3,(H,26,29)(H,27,28)/t17-,18-,19-,22-,24-/m1/s1. The van der Waals surface area contributed by atoms with Gasteiger partial charge in [-0.05, 0) is 60.5 Å². The van der Waals surface area contributed by atoms with Gasteiger partial charge in [-0.25, -0.2) is 0 Å². The molecule has 2 N–H and O–H groups in total. The predicted molar refractivity (Wildman–Crippen MR) is 115 cm³/mol. The maximum atomic E-state index is 12.6. The topological polar surface area (TPSA) is 80.3 Å². The van der Waals surface area contributed by atoms with Crippen molar-refractivity contribution in [2.75, 3.05) is 13.2 Å². The molecule has 30 heavy (non-hydrogen) atoms. The molecule has 0 radical (unpaired) electrons. The highest BCUT2D eigenvalue weighted by Gasteiger charge is 2.68. The normalized spacial score (nSPS) is 33.9. The Morgan fingerprint density at radius 2 is 2.13 bits per heavy atom. The highest BCUT2D eigenvalue weighted by molar-refractivity contribution is 5.93. The fraction of sp³-hybridized carbons (Fsp3) is 0.708. The molecular formula is C24H35N3O3. The van der Waals surface area contributed by atoms with Gasteiger partial charge < -0.3 is 15.4 Å². The van der Waals surface area contributed by atoms with Crippen LogP contribution in [0.3, 0.4) is 0 Å². The van der Waals surface area contributed by atoms with Crippen LogP contribution >= 0.6 is 0 Å². The summed E-state index contributed by atoms with van der Waals surface area (Å²) in [4.78, 5) is 28.9. The molecule has 2 heterocycles. The zero-order valence-electron chi connectivity index (χ0n) is 18.6. The van der Waals surface area contributed by atoms with Gasteiger partial charge in [-0.2, -0.15) is 0 Å². The van der Waals surface area contributed by atoms with E-state index in [1.807, 2.05) is 13.8 Å². The van der Waals surface area contributed by atoms with E-state index in [1.54, 1.807) is 24.5 Å². The van der Waals surface area contributed by atoms with Gasteiger partial charge >= 0.3 is 0 Å². The summed E-state index contributed by atoms with van der Waals surface area (Å²) < 4.78 is 6.22. The molecule has 1 aromatic rings. The van der Waals surface area contributed by atoms with Crippen LogP contribution in [-0.4, -0.2) is 42.1 Å². The smallest absolute Gasteiger partial charge is 0.252 e. The van der Waals surface area contributed by atoms with Crippen LogP contribution < -0.4 is 10.6 Å². The van der Waals surface area contributed by atoms with E-state index in [0.29, 0.717) is 23.9 Å². The number of hydrogen-bond donors (Lipinski definition) is 2. The second-order valence-corrected chi connectivity index (χ2v) is 10.3. The molecule has 1 saturated heterocycles. The van der Waals surface area contributed by atoms with Gasteiger partial charge in [-0.15, -0.1) is 0 Å². The summed E-state index contributed by atoms with van der Waals surface area (Å²) in [5.41, 5.74) is 0.809. The Bertz CT molecular complexity index is 794. The number of rotatable bonds is 6. The number of aromatic nitrogens is 1. The van der Waals surface area contributed by atoms with Crippen LogP contribution in [0.1, 0.15) is 63.7 Å². The Labute approximate surface area is 179 Å². The molecule has 5 atom stereocenters. The molecular weight excluding hydrogens is 378 g/mol. The number of amides is 2. The quantitative estimate of drug-likeness (QED) is 0.751. The average molecular weight is 414 g/mol. The molecule has 6 nitrogen and oxygen atoms in total. The van der Waals surface area contributed by atoms with Crippen molar-refractivity contribution in [3.63, 3.8) is 0 Å².